The van der Waals surface area contributed by atoms with Gasteiger partial charge >= 0.3 is 18.1 Å². The van der Waals surface area contributed by atoms with E-state index < -0.39 is 52.0 Å². The minimum Gasteiger partial charge on any atom is -0.480 e. The summed E-state index contributed by atoms with van der Waals surface area (Å²) < 4.78 is 63.6. The van der Waals surface area contributed by atoms with Gasteiger partial charge in [0, 0.05) is 12.6 Å². The number of rotatable bonds is 8. The van der Waals surface area contributed by atoms with Crippen LogP contribution in [-0.2, 0) is 30.8 Å². The highest BCUT2D eigenvalue weighted by atomic mass is 32.2. The molecule has 0 saturated carbocycles. The molecule has 170 valence electrons. The molecule has 0 unspecified atom stereocenters. The van der Waals surface area contributed by atoms with E-state index in [0.717, 1.165) is 41.7 Å². The van der Waals surface area contributed by atoms with E-state index in [0.29, 0.717) is 0 Å². The van der Waals surface area contributed by atoms with Crippen molar-refractivity contribution in [3.05, 3.63) is 35.7 Å². The standard InChI is InChI=1S/C16H17F3N4O6S2/c1-15(2,14(26)27)22-12(24)10(21-13(25)16(17,18)19)6-9-7-23(8-20-9)31(28,29)11-4-3-5-30-11/h3-5,7-8,10H,6H2,1-2H3,(H,21,25)(H,22,24)(H,26,27)/t10-/m0/s1. The molecule has 0 saturated heterocycles. The fourth-order valence-corrected chi connectivity index (χ4v) is 4.45. The molecule has 10 nitrogen and oxygen atoms in total. The molecule has 0 bridgehead atoms. The molecule has 2 amide bonds. The SMILES string of the molecule is CC(C)(NC(=O)[C@H](Cc1cn(S(=O)(=O)c2cccs2)cn1)NC(=O)C(F)(F)F)C(=O)O. The minimum absolute atomic E-state index is 0.0145. The van der Waals surface area contributed by atoms with E-state index in [-0.39, 0.29) is 9.90 Å². The molecule has 0 aromatic carbocycles. The average Bonchev–Trinajstić information content (AvgIpc) is 3.32. The lowest BCUT2D eigenvalue weighted by Gasteiger charge is -2.25. The summed E-state index contributed by atoms with van der Waals surface area (Å²) in [6.45, 7) is 2.19. The predicted octanol–water partition coefficient (Wildman–Crippen LogP) is 0.751. The Hall–Kier alpha value is -2.94. The number of amides is 2. The van der Waals surface area contributed by atoms with Gasteiger partial charge in [-0.25, -0.2) is 13.8 Å². The molecule has 2 rings (SSSR count). The molecule has 0 fully saturated rings. The van der Waals surface area contributed by atoms with Gasteiger partial charge in [0.2, 0.25) is 5.91 Å². The van der Waals surface area contributed by atoms with Crippen LogP contribution in [0.4, 0.5) is 13.2 Å². The van der Waals surface area contributed by atoms with E-state index in [2.05, 4.69) is 4.98 Å². The summed E-state index contributed by atoms with van der Waals surface area (Å²) in [6, 6.07) is 0.973. The van der Waals surface area contributed by atoms with Crippen molar-refractivity contribution < 1.29 is 41.1 Å². The van der Waals surface area contributed by atoms with Crippen LogP contribution in [0.5, 0.6) is 0 Å². The fraction of sp³-hybridized carbons (Fsp3) is 0.375. The largest absolute Gasteiger partial charge is 0.480 e. The van der Waals surface area contributed by atoms with Crippen LogP contribution in [0.3, 0.4) is 0 Å². The number of carbonyl (C=O) groups excluding carboxylic acids is 2. The van der Waals surface area contributed by atoms with Crippen molar-refractivity contribution in [2.45, 2.75) is 42.2 Å². The zero-order valence-corrected chi connectivity index (χ0v) is 17.6. The first-order chi connectivity index (χ1) is 14.1. The van der Waals surface area contributed by atoms with Crippen molar-refractivity contribution in [3.8, 4) is 0 Å². The molecule has 0 spiro atoms. The number of hydrogen-bond donors (Lipinski definition) is 3. The summed E-state index contributed by atoms with van der Waals surface area (Å²) in [5, 5.41) is 14.1. The topological polar surface area (TPSA) is 147 Å². The van der Waals surface area contributed by atoms with E-state index in [1.807, 2.05) is 5.32 Å². The molecule has 3 N–H and O–H groups in total. The van der Waals surface area contributed by atoms with Crippen LogP contribution >= 0.6 is 11.3 Å². The summed E-state index contributed by atoms with van der Waals surface area (Å²) in [5.74, 6) is -5.11. The normalized spacial score (nSPS) is 13.5. The van der Waals surface area contributed by atoms with E-state index in [9.17, 15) is 36.0 Å². The van der Waals surface area contributed by atoms with Crippen molar-refractivity contribution in [2.75, 3.05) is 0 Å². The second-order valence-corrected chi connectivity index (χ2v) is 9.80. The van der Waals surface area contributed by atoms with Crippen LogP contribution < -0.4 is 10.6 Å². The number of carboxylic acid groups (broad SMARTS) is 1. The van der Waals surface area contributed by atoms with Gasteiger partial charge in [-0.05, 0) is 25.3 Å². The lowest BCUT2D eigenvalue weighted by molar-refractivity contribution is -0.174. The highest BCUT2D eigenvalue weighted by molar-refractivity contribution is 7.92. The van der Waals surface area contributed by atoms with Crippen LogP contribution in [-0.4, -0.2) is 58.0 Å². The molecule has 0 aliphatic rings. The van der Waals surface area contributed by atoms with Gasteiger partial charge in [0.1, 0.15) is 22.1 Å². The number of hydrogen-bond acceptors (Lipinski definition) is 7. The summed E-state index contributed by atoms with van der Waals surface area (Å²) >= 11 is 0.935. The van der Waals surface area contributed by atoms with Crippen molar-refractivity contribution >= 4 is 39.1 Å². The van der Waals surface area contributed by atoms with Crippen molar-refractivity contribution in [1.29, 1.82) is 0 Å². The Labute approximate surface area is 178 Å². The lowest BCUT2D eigenvalue weighted by atomic mass is 10.0. The maximum atomic E-state index is 12.7. The second-order valence-electron chi connectivity index (χ2n) is 6.78. The molecule has 0 aliphatic heterocycles. The Kier molecular flexibility index (Phi) is 6.80. The number of carbonyl (C=O) groups is 3. The Morgan fingerprint density at radius 1 is 1.29 bits per heavy atom. The first kappa shape index (κ1) is 24.3. The number of thiophene rings is 1. The summed E-state index contributed by atoms with van der Waals surface area (Å²) in [4.78, 5) is 38.7. The number of alkyl halides is 3. The monoisotopic (exact) mass is 482 g/mol. The number of nitrogens with zero attached hydrogens (tertiary/aromatic N) is 2. The number of halogens is 3. The van der Waals surface area contributed by atoms with Crippen LogP contribution in [0.2, 0.25) is 0 Å². The Morgan fingerprint density at radius 3 is 2.45 bits per heavy atom. The molecular formula is C16H17F3N4O6S2. The lowest BCUT2D eigenvalue weighted by Crippen LogP contribution is -2.58. The summed E-state index contributed by atoms with van der Waals surface area (Å²) in [6.07, 6.45) is -4.05. The third-order valence-corrected chi connectivity index (χ3v) is 6.88. The zero-order valence-electron chi connectivity index (χ0n) is 16.0. The van der Waals surface area contributed by atoms with Crippen LogP contribution in [0.25, 0.3) is 0 Å². The zero-order chi connectivity index (χ0) is 23.6. The smallest absolute Gasteiger partial charge is 0.471 e. The van der Waals surface area contributed by atoms with Gasteiger partial charge in [-0.15, -0.1) is 11.3 Å². The Morgan fingerprint density at radius 2 is 1.94 bits per heavy atom. The van der Waals surface area contributed by atoms with Crippen LogP contribution in [0.1, 0.15) is 19.5 Å². The summed E-state index contributed by atoms with van der Waals surface area (Å²) in [5.41, 5.74) is -1.98. The highest BCUT2D eigenvalue weighted by Crippen LogP contribution is 2.20. The third-order valence-electron chi connectivity index (χ3n) is 3.90. The van der Waals surface area contributed by atoms with E-state index in [1.165, 1.54) is 22.8 Å². The number of carboxylic acids is 1. The predicted molar refractivity (Wildman–Crippen MR) is 101 cm³/mol. The third kappa shape index (κ3) is 5.81. The molecule has 0 radical (unpaired) electrons. The van der Waals surface area contributed by atoms with Crippen molar-refractivity contribution in [3.63, 3.8) is 0 Å². The van der Waals surface area contributed by atoms with Gasteiger partial charge in [0.25, 0.3) is 10.0 Å². The molecule has 31 heavy (non-hydrogen) atoms. The molecule has 0 aliphatic carbocycles. The molecule has 1 atom stereocenters. The molecule has 2 heterocycles. The second kappa shape index (κ2) is 8.66. The van der Waals surface area contributed by atoms with Gasteiger partial charge in [-0.3, -0.25) is 9.59 Å². The summed E-state index contributed by atoms with van der Waals surface area (Å²) in [7, 11) is -3.99. The van der Waals surface area contributed by atoms with Gasteiger partial charge < -0.3 is 15.7 Å². The molecular weight excluding hydrogens is 465 g/mol. The van der Waals surface area contributed by atoms with E-state index >= 15 is 0 Å². The van der Waals surface area contributed by atoms with E-state index in [4.69, 9.17) is 5.11 Å². The van der Waals surface area contributed by atoms with Crippen molar-refractivity contribution in [2.24, 2.45) is 0 Å². The molecule has 2 aromatic rings. The number of nitrogens with one attached hydrogen (secondary N) is 2. The molecule has 15 heteroatoms. The first-order valence-corrected chi connectivity index (χ1v) is 10.7. The van der Waals surface area contributed by atoms with Gasteiger partial charge in [0.15, 0.2) is 0 Å². The van der Waals surface area contributed by atoms with Crippen LogP contribution in [0, 0.1) is 0 Å². The number of imidazole rings is 1. The first-order valence-electron chi connectivity index (χ1n) is 8.39. The Balaban J connectivity index is 2.29. The fourth-order valence-electron chi connectivity index (χ4n) is 2.20. The van der Waals surface area contributed by atoms with Gasteiger partial charge in [0.05, 0.1) is 5.69 Å². The molecule has 2 aromatic heterocycles. The van der Waals surface area contributed by atoms with Gasteiger partial charge in [-0.1, -0.05) is 6.07 Å². The van der Waals surface area contributed by atoms with E-state index in [1.54, 1.807) is 0 Å². The number of aromatic nitrogens is 2. The quantitative estimate of drug-likeness (QED) is 0.503. The minimum atomic E-state index is -5.30. The van der Waals surface area contributed by atoms with Crippen molar-refractivity contribution in [1.82, 2.24) is 19.6 Å². The van der Waals surface area contributed by atoms with Gasteiger partial charge in [-0.2, -0.15) is 21.6 Å². The maximum Gasteiger partial charge on any atom is 0.471 e. The van der Waals surface area contributed by atoms with Crippen LogP contribution in [0.15, 0.2) is 34.2 Å². The maximum absolute atomic E-state index is 12.7. The average molecular weight is 482 g/mol. The highest BCUT2D eigenvalue weighted by Gasteiger charge is 2.42. The number of aliphatic carboxylic acids is 1. The Bertz CT molecular complexity index is 1080.